The molecule has 0 aromatic carbocycles. The predicted octanol–water partition coefficient (Wildman–Crippen LogP) is -0.488. The van der Waals surface area contributed by atoms with Crippen LogP contribution < -0.4 is 0 Å². The molecule has 0 aliphatic heterocycles. The smallest absolute Gasteiger partial charge is 0.324 e. The van der Waals surface area contributed by atoms with Gasteiger partial charge in [-0.15, -0.1) is 0 Å². The first kappa shape index (κ1) is 11.5. The lowest BCUT2D eigenvalue weighted by atomic mass is 10.0. The van der Waals surface area contributed by atoms with Crippen molar-refractivity contribution in [3.8, 4) is 0 Å². The van der Waals surface area contributed by atoms with E-state index in [0.717, 1.165) is 14.2 Å². The van der Waals surface area contributed by atoms with Gasteiger partial charge in [0, 0.05) is 0 Å². The maximum absolute atomic E-state index is 11.4. The number of esters is 3. The van der Waals surface area contributed by atoms with Gasteiger partial charge < -0.3 is 14.2 Å². The van der Waals surface area contributed by atoms with E-state index in [0.29, 0.717) is 0 Å². The van der Waals surface area contributed by atoms with Crippen molar-refractivity contribution in [2.24, 2.45) is 11.3 Å². The Morgan fingerprint density at radius 1 is 1.00 bits per heavy atom. The Kier molecular flexibility index (Phi) is 2.97. The summed E-state index contributed by atoms with van der Waals surface area (Å²) in [6.07, 6.45) is 0.0824. The van der Waals surface area contributed by atoms with Crippen LogP contribution in [-0.2, 0) is 28.6 Å². The van der Waals surface area contributed by atoms with Crippen LogP contribution in [0.4, 0.5) is 0 Å². The van der Waals surface area contributed by atoms with E-state index in [-0.39, 0.29) is 6.42 Å². The largest absolute Gasteiger partial charge is 0.469 e. The highest BCUT2D eigenvalue weighted by Gasteiger charge is 2.71. The second-order valence-corrected chi connectivity index (χ2v) is 3.23. The highest BCUT2D eigenvalue weighted by atomic mass is 16.6. The predicted molar refractivity (Wildman–Crippen MR) is 46.6 cm³/mol. The van der Waals surface area contributed by atoms with E-state index in [4.69, 9.17) is 0 Å². The Balaban J connectivity index is 2.90. The molecule has 0 N–H and O–H groups in total. The number of rotatable bonds is 3. The van der Waals surface area contributed by atoms with Crippen LogP contribution in [0, 0.1) is 11.3 Å². The van der Waals surface area contributed by atoms with E-state index < -0.39 is 29.2 Å². The first-order valence-corrected chi connectivity index (χ1v) is 4.29. The van der Waals surface area contributed by atoms with Gasteiger partial charge in [-0.2, -0.15) is 0 Å². The second-order valence-electron chi connectivity index (χ2n) is 3.23. The fraction of sp³-hybridized carbons (Fsp3) is 0.667. The minimum atomic E-state index is -1.49. The number of ether oxygens (including phenoxy) is 3. The highest BCUT2D eigenvalue weighted by molar-refractivity contribution is 6.08. The first-order chi connectivity index (χ1) is 7.04. The van der Waals surface area contributed by atoms with Gasteiger partial charge >= 0.3 is 17.9 Å². The number of hydrogen-bond acceptors (Lipinski definition) is 6. The zero-order chi connectivity index (χ0) is 11.6. The van der Waals surface area contributed by atoms with Crippen molar-refractivity contribution in [3.05, 3.63) is 0 Å². The summed E-state index contributed by atoms with van der Waals surface area (Å²) in [6.45, 7) is 0. The average molecular weight is 216 g/mol. The third-order valence-electron chi connectivity index (χ3n) is 2.55. The number of hydrogen-bond donors (Lipinski definition) is 0. The fourth-order valence-electron chi connectivity index (χ4n) is 1.59. The molecule has 1 aliphatic rings. The molecule has 0 aromatic rings. The van der Waals surface area contributed by atoms with Crippen molar-refractivity contribution in [3.63, 3.8) is 0 Å². The van der Waals surface area contributed by atoms with Crippen LogP contribution in [0.15, 0.2) is 0 Å². The van der Waals surface area contributed by atoms with Gasteiger partial charge in [0.15, 0.2) is 5.41 Å². The zero-order valence-electron chi connectivity index (χ0n) is 8.73. The summed E-state index contributed by atoms with van der Waals surface area (Å²) in [5, 5.41) is 0. The third kappa shape index (κ3) is 1.55. The quantitative estimate of drug-likeness (QED) is 0.360. The molecule has 84 valence electrons. The van der Waals surface area contributed by atoms with Gasteiger partial charge in [0.2, 0.25) is 0 Å². The molecule has 1 rings (SSSR count). The van der Waals surface area contributed by atoms with Crippen molar-refractivity contribution in [2.75, 3.05) is 21.3 Å². The molecule has 0 heterocycles. The summed E-state index contributed by atoms with van der Waals surface area (Å²) >= 11 is 0. The van der Waals surface area contributed by atoms with Crippen molar-refractivity contribution < 1.29 is 28.6 Å². The van der Waals surface area contributed by atoms with E-state index in [1.54, 1.807) is 0 Å². The summed E-state index contributed by atoms with van der Waals surface area (Å²) in [5.41, 5.74) is -1.49. The van der Waals surface area contributed by atoms with Gasteiger partial charge in [-0.05, 0) is 6.42 Å². The normalized spacial score (nSPS) is 21.4. The van der Waals surface area contributed by atoms with Gasteiger partial charge in [0.05, 0.1) is 27.2 Å². The Labute approximate surface area is 86.5 Å². The van der Waals surface area contributed by atoms with Gasteiger partial charge in [-0.25, -0.2) is 0 Å². The molecule has 1 atom stereocenters. The van der Waals surface area contributed by atoms with Crippen molar-refractivity contribution in [1.29, 1.82) is 0 Å². The number of carbonyl (C=O) groups is 3. The molecule has 15 heavy (non-hydrogen) atoms. The molecule has 6 nitrogen and oxygen atoms in total. The maximum Gasteiger partial charge on any atom is 0.324 e. The maximum atomic E-state index is 11.4. The number of carbonyl (C=O) groups excluding carboxylic acids is 3. The van der Waals surface area contributed by atoms with Crippen LogP contribution in [0.1, 0.15) is 6.42 Å². The third-order valence-corrected chi connectivity index (χ3v) is 2.55. The Morgan fingerprint density at radius 2 is 1.47 bits per heavy atom. The molecule has 0 unspecified atom stereocenters. The van der Waals surface area contributed by atoms with Crippen LogP contribution in [0.25, 0.3) is 0 Å². The van der Waals surface area contributed by atoms with Crippen molar-refractivity contribution in [2.45, 2.75) is 6.42 Å². The van der Waals surface area contributed by atoms with E-state index in [9.17, 15) is 14.4 Å². The molecule has 0 radical (unpaired) electrons. The molecule has 0 amide bonds. The lowest BCUT2D eigenvalue weighted by molar-refractivity contribution is -0.165. The summed E-state index contributed by atoms with van der Waals surface area (Å²) < 4.78 is 13.4. The Bertz CT molecular complexity index is 292. The molecule has 0 saturated heterocycles. The van der Waals surface area contributed by atoms with E-state index in [1.165, 1.54) is 7.11 Å². The van der Waals surface area contributed by atoms with Crippen molar-refractivity contribution >= 4 is 17.9 Å². The van der Waals surface area contributed by atoms with Crippen LogP contribution in [-0.4, -0.2) is 39.2 Å². The molecule has 1 fully saturated rings. The lowest BCUT2D eigenvalue weighted by Crippen LogP contribution is -2.32. The van der Waals surface area contributed by atoms with Crippen LogP contribution in [0.5, 0.6) is 0 Å². The van der Waals surface area contributed by atoms with E-state index in [1.807, 2.05) is 0 Å². The van der Waals surface area contributed by atoms with Gasteiger partial charge in [-0.3, -0.25) is 14.4 Å². The van der Waals surface area contributed by atoms with E-state index in [2.05, 4.69) is 14.2 Å². The number of methoxy groups -OCH3 is 3. The van der Waals surface area contributed by atoms with Crippen LogP contribution >= 0.6 is 0 Å². The molecule has 1 saturated carbocycles. The molecule has 0 aromatic heterocycles. The monoisotopic (exact) mass is 216 g/mol. The van der Waals surface area contributed by atoms with E-state index >= 15 is 0 Å². The zero-order valence-corrected chi connectivity index (χ0v) is 8.73. The molecule has 0 spiro atoms. The van der Waals surface area contributed by atoms with Gasteiger partial charge in [0.25, 0.3) is 0 Å². The minimum absolute atomic E-state index is 0.0824. The van der Waals surface area contributed by atoms with Gasteiger partial charge in [0.1, 0.15) is 0 Å². The fourth-order valence-corrected chi connectivity index (χ4v) is 1.59. The molecule has 1 aliphatic carbocycles. The molecular weight excluding hydrogens is 204 g/mol. The Morgan fingerprint density at radius 3 is 1.80 bits per heavy atom. The molecule has 0 bridgehead atoms. The van der Waals surface area contributed by atoms with Crippen molar-refractivity contribution in [1.82, 2.24) is 0 Å². The second kappa shape index (κ2) is 3.88. The van der Waals surface area contributed by atoms with Crippen LogP contribution in [0.2, 0.25) is 0 Å². The summed E-state index contributed by atoms with van der Waals surface area (Å²) in [6, 6.07) is 0. The SMILES string of the molecule is COC(=O)[C@@H]1CC1(C(=O)OC)C(=O)OC. The standard InChI is InChI=1S/C9H12O6/c1-13-6(10)5-4-9(5,7(11)14-2)8(12)15-3/h5H,4H2,1-3H3/t5-/m0/s1. The highest BCUT2D eigenvalue weighted by Crippen LogP contribution is 2.54. The van der Waals surface area contributed by atoms with Gasteiger partial charge in [-0.1, -0.05) is 0 Å². The lowest BCUT2D eigenvalue weighted by Gasteiger charge is -2.11. The average Bonchev–Trinajstić information content (AvgIpc) is 3.02. The topological polar surface area (TPSA) is 78.9 Å². The van der Waals surface area contributed by atoms with Crippen LogP contribution in [0.3, 0.4) is 0 Å². The first-order valence-electron chi connectivity index (χ1n) is 4.29. The molecular formula is C9H12O6. The summed E-state index contributed by atoms with van der Waals surface area (Å²) in [4.78, 5) is 34.0. The minimum Gasteiger partial charge on any atom is -0.469 e. The summed E-state index contributed by atoms with van der Waals surface area (Å²) in [5.74, 6) is -2.91. The summed E-state index contributed by atoms with van der Waals surface area (Å²) in [7, 11) is 3.50. The Hall–Kier alpha value is -1.59. The molecule has 6 heteroatoms.